The summed E-state index contributed by atoms with van der Waals surface area (Å²) in [5.41, 5.74) is 0.443. The molecule has 0 unspecified atom stereocenters. The molecule has 1 aliphatic rings. The highest BCUT2D eigenvalue weighted by atomic mass is 32.1. The van der Waals surface area contributed by atoms with Crippen molar-refractivity contribution in [1.29, 1.82) is 0 Å². The van der Waals surface area contributed by atoms with Crippen molar-refractivity contribution in [3.63, 3.8) is 0 Å². The summed E-state index contributed by atoms with van der Waals surface area (Å²) in [7, 11) is 0. The zero-order chi connectivity index (χ0) is 9.97. The average Bonchev–Trinajstić information content (AvgIpc) is 2.50. The van der Waals surface area contributed by atoms with Gasteiger partial charge in [-0.3, -0.25) is 0 Å². The van der Waals surface area contributed by atoms with Gasteiger partial charge in [0.25, 0.3) is 0 Å². The van der Waals surface area contributed by atoms with Crippen LogP contribution in [0.15, 0.2) is 5.38 Å². The molecule has 1 fully saturated rings. The molecule has 1 aromatic heterocycles. The molecule has 1 aromatic rings. The molecule has 0 amide bonds. The molecule has 0 spiro atoms. The lowest BCUT2D eigenvalue weighted by Crippen LogP contribution is -2.39. The molecular weight excluding hydrogens is 200 g/mol. The first-order chi connectivity index (χ1) is 6.81. The molecule has 1 saturated heterocycles. The van der Waals surface area contributed by atoms with Crippen LogP contribution in [-0.4, -0.2) is 30.6 Å². The lowest BCUT2D eigenvalue weighted by molar-refractivity contribution is 0.0520. The second kappa shape index (κ2) is 4.06. The number of carbonyl (C=O) groups is 1. The summed E-state index contributed by atoms with van der Waals surface area (Å²) >= 11 is 1.54. The van der Waals surface area contributed by atoms with Gasteiger partial charge in [-0.25, -0.2) is 9.78 Å². The quantitative estimate of drug-likeness (QED) is 0.760. The van der Waals surface area contributed by atoms with Crippen LogP contribution in [0, 0.1) is 0 Å². The van der Waals surface area contributed by atoms with E-state index in [1.54, 1.807) is 12.3 Å². The molecule has 1 aliphatic heterocycles. The fourth-order valence-electron chi connectivity index (χ4n) is 1.24. The summed E-state index contributed by atoms with van der Waals surface area (Å²) in [5, 5.41) is 5.98. The molecule has 0 aliphatic carbocycles. The van der Waals surface area contributed by atoms with Gasteiger partial charge in [0.05, 0.1) is 11.6 Å². The molecule has 0 atom stereocenters. The van der Waals surface area contributed by atoms with Gasteiger partial charge in [-0.15, -0.1) is 11.3 Å². The van der Waals surface area contributed by atoms with Gasteiger partial charge in [0.1, 0.15) is 0 Å². The summed E-state index contributed by atoms with van der Waals surface area (Å²) in [6.07, 6.45) is 0. The Morgan fingerprint density at radius 3 is 3.14 bits per heavy atom. The fraction of sp³-hybridized carbons (Fsp3) is 0.556. The molecule has 0 radical (unpaired) electrons. The van der Waals surface area contributed by atoms with Gasteiger partial charge >= 0.3 is 5.97 Å². The van der Waals surface area contributed by atoms with Crippen LogP contribution in [0.2, 0.25) is 0 Å². The number of aromatic nitrogens is 1. The normalized spacial score (nSPS) is 16.4. The van der Waals surface area contributed by atoms with Gasteiger partial charge < -0.3 is 10.1 Å². The van der Waals surface area contributed by atoms with Crippen molar-refractivity contribution in [3.05, 3.63) is 16.1 Å². The van der Waals surface area contributed by atoms with Crippen LogP contribution in [0.1, 0.15) is 28.3 Å². The van der Waals surface area contributed by atoms with Crippen LogP contribution < -0.4 is 5.32 Å². The summed E-state index contributed by atoms with van der Waals surface area (Å²) < 4.78 is 4.86. The Balaban J connectivity index is 2.05. The molecule has 2 heterocycles. The van der Waals surface area contributed by atoms with Crippen molar-refractivity contribution in [2.75, 3.05) is 19.7 Å². The Morgan fingerprint density at radius 2 is 2.57 bits per heavy atom. The summed E-state index contributed by atoms with van der Waals surface area (Å²) in [4.78, 5) is 15.5. The Bertz CT molecular complexity index is 333. The van der Waals surface area contributed by atoms with Crippen molar-refractivity contribution >= 4 is 17.3 Å². The SMILES string of the molecule is CCOC(=O)c1csc(C2CNC2)n1. The Morgan fingerprint density at radius 1 is 1.79 bits per heavy atom. The van der Waals surface area contributed by atoms with E-state index < -0.39 is 0 Å². The van der Waals surface area contributed by atoms with Gasteiger partial charge in [0.15, 0.2) is 5.69 Å². The smallest absolute Gasteiger partial charge is 0.357 e. The maximum absolute atomic E-state index is 11.3. The van der Waals surface area contributed by atoms with Gasteiger partial charge in [-0.2, -0.15) is 0 Å². The first-order valence-electron chi connectivity index (χ1n) is 4.64. The fourth-order valence-corrected chi connectivity index (χ4v) is 2.13. The average molecular weight is 212 g/mol. The maximum atomic E-state index is 11.3. The standard InChI is InChI=1S/C9H12N2O2S/c1-2-13-9(12)7-5-14-8(11-7)6-3-10-4-6/h5-6,10H,2-4H2,1H3. The molecule has 5 heteroatoms. The number of hydrogen-bond acceptors (Lipinski definition) is 5. The van der Waals surface area contributed by atoms with Crippen LogP contribution >= 0.6 is 11.3 Å². The second-order valence-electron chi connectivity index (χ2n) is 3.15. The van der Waals surface area contributed by atoms with Crippen molar-refractivity contribution in [2.24, 2.45) is 0 Å². The molecule has 14 heavy (non-hydrogen) atoms. The highest BCUT2D eigenvalue weighted by molar-refractivity contribution is 7.09. The van der Waals surface area contributed by atoms with E-state index in [-0.39, 0.29) is 5.97 Å². The third kappa shape index (κ3) is 1.78. The molecule has 2 rings (SSSR count). The van der Waals surface area contributed by atoms with Crippen LogP contribution in [-0.2, 0) is 4.74 Å². The zero-order valence-electron chi connectivity index (χ0n) is 7.95. The lowest BCUT2D eigenvalue weighted by Gasteiger charge is -2.24. The van der Waals surface area contributed by atoms with E-state index >= 15 is 0 Å². The summed E-state index contributed by atoms with van der Waals surface area (Å²) in [6.45, 7) is 4.13. The van der Waals surface area contributed by atoms with E-state index in [1.807, 2.05) is 0 Å². The predicted molar refractivity (Wildman–Crippen MR) is 53.7 cm³/mol. The largest absolute Gasteiger partial charge is 0.461 e. The van der Waals surface area contributed by atoms with E-state index in [1.165, 1.54) is 11.3 Å². The molecule has 1 N–H and O–H groups in total. The first kappa shape index (κ1) is 9.61. The summed E-state index contributed by atoms with van der Waals surface area (Å²) in [6, 6.07) is 0. The highest BCUT2D eigenvalue weighted by Gasteiger charge is 2.23. The molecule has 76 valence electrons. The zero-order valence-corrected chi connectivity index (χ0v) is 8.76. The Kier molecular flexibility index (Phi) is 2.79. The third-order valence-corrected chi connectivity index (χ3v) is 3.14. The van der Waals surface area contributed by atoms with E-state index in [2.05, 4.69) is 10.3 Å². The van der Waals surface area contributed by atoms with Crippen molar-refractivity contribution in [3.8, 4) is 0 Å². The third-order valence-electron chi connectivity index (χ3n) is 2.14. The van der Waals surface area contributed by atoms with Crippen LogP contribution in [0.3, 0.4) is 0 Å². The maximum Gasteiger partial charge on any atom is 0.357 e. The highest BCUT2D eigenvalue weighted by Crippen LogP contribution is 2.23. The van der Waals surface area contributed by atoms with Crippen LogP contribution in [0.5, 0.6) is 0 Å². The minimum absolute atomic E-state index is 0.317. The van der Waals surface area contributed by atoms with Gasteiger partial charge in [-0.05, 0) is 6.92 Å². The molecule has 4 nitrogen and oxygen atoms in total. The number of nitrogens with zero attached hydrogens (tertiary/aromatic N) is 1. The van der Waals surface area contributed by atoms with Crippen molar-refractivity contribution in [1.82, 2.24) is 10.3 Å². The van der Waals surface area contributed by atoms with E-state index in [0.29, 0.717) is 18.2 Å². The van der Waals surface area contributed by atoms with Gasteiger partial charge in [0.2, 0.25) is 0 Å². The van der Waals surface area contributed by atoms with Crippen molar-refractivity contribution in [2.45, 2.75) is 12.8 Å². The van der Waals surface area contributed by atoms with Crippen molar-refractivity contribution < 1.29 is 9.53 Å². The molecule has 0 saturated carbocycles. The monoisotopic (exact) mass is 212 g/mol. The number of carbonyl (C=O) groups excluding carboxylic acids is 1. The minimum atomic E-state index is -0.317. The number of hydrogen-bond donors (Lipinski definition) is 1. The molecule has 0 aromatic carbocycles. The predicted octanol–water partition coefficient (Wildman–Crippen LogP) is 1.01. The van der Waals surface area contributed by atoms with E-state index in [9.17, 15) is 4.79 Å². The number of nitrogens with one attached hydrogen (secondary N) is 1. The van der Waals surface area contributed by atoms with E-state index in [4.69, 9.17) is 4.74 Å². The van der Waals surface area contributed by atoms with Gasteiger partial charge in [-0.1, -0.05) is 0 Å². The van der Waals surface area contributed by atoms with Gasteiger partial charge in [0, 0.05) is 24.4 Å². The topological polar surface area (TPSA) is 51.2 Å². The number of rotatable bonds is 3. The first-order valence-corrected chi connectivity index (χ1v) is 5.52. The van der Waals surface area contributed by atoms with E-state index in [0.717, 1.165) is 18.1 Å². The van der Waals surface area contributed by atoms with Crippen LogP contribution in [0.4, 0.5) is 0 Å². The number of ether oxygens (including phenoxy) is 1. The Labute approximate surface area is 86.3 Å². The van der Waals surface area contributed by atoms with Crippen LogP contribution in [0.25, 0.3) is 0 Å². The lowest BCUT2D eigenvalue weighted by atomic mass is 10.1. The molecular formula is C9H12N2O2S. The number of esters is 1. The summed E-state index contributed by atoms with van der Waals surface area (Å²) in [5.74, 6) is 0.172. The molecule has 0 bridgehead atoms. The second-order valence-corrected chi connectivity index (χ2v) is 4.04. The number of thiazole rings is 1. The minimum Gasteiger partial charge on any atom is -0.461 e. The Hall–Kier alpha value is -0.940.